The minimum atomic E-state index is 0.803. The van der Waals surface area contributed by atoms with Crippen LogP contribution >= 0.6 is 23.1 Å². The van der Waals surface area contributed by atoms with Crippen molar-refractivity contribution in [1.29, 1.82) is 0 Å². The van der Waals surface area contributed by atoms with Crippen LogP contribution in [0, 0.1) is 6.92 Å². The number of hydrogen-bond donors (Lipinski definition) is 0. The third-order valence-electron chi connectivity index (χ3n) is 5.08. The van der Waals surface area contributed by atoms with E-state index in [-0.39, 0.29) is 0 Å². The molecule has 0 spiro atoms. The van der Waals surface area contributed by atoms with Crippen molar-refractivity contribution in [2.75, 3.05) is 24.7 Å². The Balaban J connectivity index is 1.80. The van der Waals surface area contributed by atoms with Gasteiger partial charge in [-0.25, -0.2) is 9.97 Å². The van der Waals surface area contributed by atoms with Gasteiger partial charge in [0.15, 0.2) is 5.82 Å². The van der Waals surface area contributed by atoms with Gasteiger partial charge >= 0.3 is 0 Å². The maximum atomic E-state index is 5.11. The molecule has 5 heteroatoms. The van der Waals surface area contributed by atoms with Crippen molar-refractivity contribution >= 4 is 39.0 Å². The minimum Gasteiger partial charge on any atom is -0.362 e. The molecule has 3 nitrogen and oxygen atoms in total. The fourth-order valence-electron chi connectivity index (χ4n) is 3.67. The van der Waals surface area contributed by atoms with Gasteiger partial charge in [0.2, 0.25) is 0 Å². The lowest BCUT2D eigenvalue weighted by atomic mass is 10.1. The van der Waals surface area contributed by atoms with E-state index < -0.39 is 0 Å². The number of aryl methyl sites for hydroxylation is 1. The summed E-state index contributed by atoms with van der Waals surface area (Å²) in [7, 11) is 4.15. The second-order valence-electron chi connectivity index (χ2n) is 7.31. The molecular formula is C23H21N3S2. The second-order valence-corrected chi connectivity index (χ2v) is 9.47. The Morgan fingerprint density at radius 2 is 1.75 bits per heavy atom. The first-order valence-corrected chi connectivity index (χ1v) is 11.2. The number of fused-ring (bicyclic) bond motifs is 5. The Hall–Kier alpha value is -2.37. The topological polar surface area (TPSA) is 29.0 Å². The smallest absolute Gasteiger partial charge is 0.162 e. The van der Waals surface area contributed by atoms with Crippen LogP contribution in [0.5, 0.6) is 0 Å². The highest BCUT2D eigenvalue weighted by Gasteiger charge is 2.25. The predicted octanol–water partition coefficient (Wildman–Crippen LogP) is 6.05. The van der Waals surface area contributed by atoms with Gasteiger partial charge in [0.1, 0.15) is 5.82 Å². The van der Waals surface area contributed by atoms with Crippen molar-refractivity contribution in [2.24, 2.45) is 0 Å². The molecule has 0 N–H and O–H groups in total. The van der Waals surface area contributed by atoms with Gasteiger partial charge in [-0.15, -0.1) is 23.1 Å². The monoisotopic (exact) mass is 403 g/mol. The molecule has 0 saturated heterocycles. The molecule has 0 radical (unpaired) electrons. The summed E-state index contributed by atoms with van der Waals surface area (Å²) in [5.41, 5.74) is 4.68. The van der Waals surface area contributed by atoms with Crippen molar-refractivity contribution in [3.8, 4) is 22.0 Å². The molecule has 140 valence electrons. The first-order chi connectivity index (χ1) is 13.6. The Kier molecular flexibility index (Phi) is 4.37. The zero-order valence-corrected chi connectivity index (χ0v) is 17.8. The normalized spacial score (nSPS) is 13.1. The van der Waals surface area contributed by atoms with Crippen LogP contribution in [0.25, 0.3) is 32.0 Å². The van der Waals surface area contributed by atoms with E-state index in [4.69, 9.17) is 9.97 Å². The molecule has 3 heterocycles. The Labute approximate surface area is 173 Å². The van der Waals surface area contributed by atoms with Gasteiger partial charge < -0.3 is 4.90 Å². The van der Waals surface area contributed by atoms with Crippen molar-refractivity contribution in [3.63, 3.8) is 0 Å². The van der Waals surface area contributed by atoms with Gasteiger partial charge in [-0.3, -0.25) is 0 Å². The third-order valence-corrected chi connectivity index (χ3v) is 7.51. The van der Waals surface area contributed by atoms with Gasteiger partial charge in [0, 0.05) is 46.0 Å². The average Bonchev–Trinajstić information content (AvgIpc) is 2.97. The summed E-state index contributed by atoms with van der Waals surface area (Å²) in [6, 6.07) is 17.2. The summed E-state index contributed by atoms with van der Waals surface area (Å²) >= 11 is 3.80. The molecule has 4 aromatic rings. The van der Waals surface area contributed by atoms with E-state index in [9.17, 15) is 0 Å². The van der Waals surface area contributed by atoms with Gasteiger partial charge in [-0.1, -0.05) is 48.0 Å². The molecule has 5 rings (SSSR count). The van der Waals surface area contributed by atoms with E-state index in [1.54, 1.807) is 0 Å². The van der Waals surface area contributed by atoms with E-state index >= 15 is 0 Å². The predicted molar refractivity (Wildman–Crippen MR) is 122 cm³/mol. The highest BCUT2D eigenvalue weighted by molar-refractivity contribution is 7.99. The highest BCUT2D eigenvalue weighted by atomic mass is 32.2. The zero-order chi connectivity index (χ0) is 19.3. The molecular weight excluding hydrogens is 382 g/mol. The third kappa shape index (κ3) is 2.90. The largest absolute Gasteiger partial charge is 0.362 e. The first kappa shape index (κ1) is 17.7. The molecule has 0 atom stereocenters. The van der Waals surface area contributed by atoms with Crippen molar-refractivity contribution in [1.82, 2.24) is 9.97 Å². The Morgan fingerprint density at radius 1 is 0.964 bits per heavy atom. The summed E-state index contributed by atoms with van der Waals surface area (Å²) in [6.07, 6.45) is 0.984. The molecule has 0 unspecified atom stereocenters. The molecule has 0 bridgehead atoms. The van der Waals surface area contributed by atoms with Crippen LogP contribution in [-0.2, 0) is 6.42 Å². The summed E-state index contributed by atoms with van der Waals surface area (Å²) in [6.45, 7) is 2.10. The maximum absolute atomic E-state index is 5.11. The van der Waals surface area contributed by atoms with Crippen LogP contribution in [0.4, 0.5) is 5.82 Å². The molecule has 1 aliphatic rings. The maximum Gasteiger partial charge on any atom is 0.162 e. The van der Waals surface area contributed by atoms with Crippen molar-refractivity contribution in [3.05, 3.63) is 59.7 Å². The number of thioether (sulfide) groups is 1. The number of thiophene rings is 1. The number of rotatable bonds is 2. The van der Waals surface area contributed by atoms with E-state index in [1.165, 1.54) is 31.0 Å². The van der Waals surface area contributed by atoms with E-state index in [0.29, 0.717) is 0 Å². The van der Waals surface area contributed by atoms with Gasteiger partial charge in [-0.05, 0) is 19.4 Å². The summed E-state index contributed by atoms with van der Waals surface area (Å²) in [5, 5.41) is 1.35. The molecule has 2 aromatic carbocycles. The summed E-state index contributed by atoms with van der Waals surface area (Å²) in [5.74, 6) is 2.89. The number of benzene rings is 2. The van der Waals surface area contributed by atoms with Crippen molar-refractivity contribution in [2.45, 2.75) is 18.2 Å². The standard InChI is InChI=1S/C23H21N3S2/c1-14-8-10-15(11-9-14)22-24-19-17(23(25-22)26(2)3)12-13-27-20-16-6-4-5-7-18(16)28-21(19)20/h4-11H,12-13H2,1-3H3. The van der Waals surface area contributed by atoms with Crippen LogP contribution < -0.4 is 4.90 Å². The minimum absolute atomic E-state index is 0.803. The Morgan fingerprint density at radius 3 is 2.54 bits per heavy atom. The number of hydrogen-bond acceptors (Lipinski definition) is 5. The molecule has 0 aliphatic carbocycles. The van der Waals surface area contributed by atoms with Crippen LogP contribution in [-0.4, -0.2) is 29.8 Å². The second kappa shape index (κ2) is 6.90. The lowest BCUT2D eigenvalue weighted by molar-refractivity contribution is 0.991. The van der Waals surface area contributed by atoms with Gasteiger partial charge in [0.25, 0.3) is 0 Å². The van der Waals surface area contributed by atoms with Crippen LogP contribution in [0.15, 0.2) is 53.4 Å². The highest BCUT2D eigenvalue weighted by Crippen LogP contribution is 2.48. The number of nitrogens with zero attached hydrogens (tertiary/aromatic N) is 3. The first-order valence-electron chi connectivity index (χ1n) is 9.42. The fraction of sp³-hybridized carbons (Fsp3) is 0.217. The quantitative estimate of drug-likeness (QED) is 0.407. The van der Waals surface area contributed by atoms with Gasteiger partial charge in [0.05, 0.1) is 10.6 Å². The molecule has 2 aromatic heterocycles. The van der Waals surface area contributed by atoms with E-state index in [2.05, 4.69) is 74.4 Å². The lowest BCUT2D eigenvalue weighted by Gasteiger charge is -2.19. The van der Waals surface area contributed by atoms with Crippen LogP contribution in [0.1, 0.15) is 11.1 Å². The molecule has 1 aliphatic heterocycles. The molecule has 0 fully saturated rings. The zero-order valence-electron chi connectivity index (χ0n) is 16.2. The van der Waals surface area contributed by atoms with Gasteiger partial charge in [-0.2, -0.15) is 0 Å². The lowest BCUT2D eigenvalue weighted by Crippen LogP contribution is -2.16. The summed E-state index contributed by atoms with van der Waals surface area (Å²) in [4.78, 5) is 14.9. The van der Waals surface area contributed by atoms with Crippen LogP contribution in [0.3, 0.4) is 0 Å². The van der Waals surface area contributed by atoms with Crippen molar-refractivity contribution < 1.29 is 0 Å². The van der Waals surface area contributed by atoms with E-state index in [1.807, 2.05) is 23.1 Å². The molecule has 0 saturated carbocycles. The average molecular weight is 404 g/mol. The van der Waals surface area contributed by atoms with E-state index in [0.717, 1.165) is 35.1 Å². The Bertz CT molecular complexity index is 1180. The summed E-state index contributed by atoms with van der Waals surface area (Å²) < 4.78 is 1.33. The number of aromatic nitrogens is 2. The van der Waals surface area contributed by atoms with Crippen LogP contribution in [0.2, 0.25) is 0 Å². The SMILES string of the molecule is Cc1ccc(-c2nc3c(c(N(C)C)n2)CCSc2c-3sc3ccccc23)cc1. The number of anilines is 1. The fourth-order valence-corrected chi connectivity index (χ4v) is 6.22. The molecule has 28 heavy (non-hydrogen) atoms. The molecule has 0 amide bonds.